The third-order valence-corrected chi connectivity index (χ3v) is 5.55. The SMILES string of the molecule is NC(CCC1C2CC3CC(C2)CC1C3)C(=O)O. The highest BCUT2D eigenvalue weighted by Crippen LogP contribution is 2.57. The summed E-state index contributed by atoms with van der Waals surface area (Å²) in [4.78, 5) is 10.8. The molecule has 0 amide bonds. The summed E-state index contributed by atoms with van der Waals surface area (Å²) in [7, 11) is 0. The first-order valence-electron chi connectivity index (χ1n) is 7.12. The summed E-state index contributed by atoms with van der Waals surface area (Å²) in [5.74, 6) is 3.74. The van der Waals surface area contributed by atoms with Gasteiger partial charge < -0.3 is 10.8 Å². The first-order chi connectivity index (χ1) is 8.13. The minimum absolute atomic E-state index is 0.646. The molecule has 0 aliphatic heterocycles. The van der Waals surface area contributed by atoms with Gasteiger partial charge in [-0.15, -0.1) is 0 Å². The number of carboxylic acids is 1. The number of aliphatic carboxylic acids is 1. The van der Waals surface area contributed by atoms with Gasteiger partial charge in [0.25, 0.3) is 0 Å². The molecule has 0 heterocycles. The normalized spacial score (nSPS) is 44.9. The first-order valence-corrected chi connectivity index (χ1v) is 7.12. The lowest BCUT2D eigenvalue weighted by Crippen LogP contribution is -2.45. The van der Waals surface area contributed by atoms with E-state index < -0.39 is 12.0 Å². The predicted octanol–water partition coefficient (Wildman–Crippen LogP) is 2.25. The molecule has 4 aliphatic carbocycles. The Bertz CT molecular complexity index is 287. The van der Waals surface area contributed by atoms with E-state index in [2.05, 4.69) is 0 Å². The molecule has 4 bridgehead atoms. The van der Waals surface area contributed by atoms with Gasteiger partial charge in [-0.2, -0.15) is 0 Å². The Labute approximate surface area is 103 Å². The quantitative estimate of drug-likeness (QED) is 0.788. The second kappa shape index (κ2) is 4.27. The molecule has 4 saturated carbocycles. The molecule has 1 unspecified atom stereocenters. The van der Waals surface area contributed by atoms with Crippen molar-refractivity contribution >= 4 is 5.97 Å². The van der Waals surface area contributed by atoms with Gasteiger partial charge in [0.15, 0.2) is 0 Å². The van der Waals surface area contributed by atoms with Crippen molar-refractivity contribution in [1.29, 1.82) is 0 Å². The number of rotatable bonds is 4. The highest BCUT2D eigenvalue weighted by Gasteiger charge is 2.47. The highest BCUT2D eigenvalue weighted by molar-refractivity contribution is 5.72. The molecule has 0 aromatic rings. The predicted molar refractivity (Wildman–Crippen MR) is 65.4 cm³/mol. The van der Waals surface area contributed by atoms with Crippen molar-refractivity contribution in [3.8, 4) is 0 Å². The number of nitrogens with two attached hydrogens (primary N) is 1. The lowest BCUT2D eigenvalue weighted by atomic mass is 9.51. The summed E-state index contributed by atoms with van der Waals surface area (Å²) < 4.78 is 0. The van der Waals surface area contributed by atoms with Crippen molar-refractivity contribution in [2.75, 3.05) is 0 Å². The molecule has 3 nitrogen and oxygen atoms in total. The Morgan fingerprint density at radius 3 is 2.12 bits per heavy atom. The molecule has 3 heteroatoms. The fourth-order valence-electron chi connectivity index (χ4n) is 5.00. The Balaban J connectivity index is 1.59. The van der Waals surface area contributed by atoms with Crippen molar-refractivity contribution in [2.45, 2.75) is 51.0 Å². The van der Waals surface area contributed by atoms with E-state index in [1.54, 1.807) is 0 Å². The smallest absolute Gasteiger partial charge is 0.320 e. The second-order valence-electron chi connectivity index (χ2n) is 6.62. The maximum absolute atomic E-state index is 10.8. The van der Waals surface area contributed by atoms with Gasteiger partial charge in [0.1, 0.15) is 6.04 Å². The summed E-state index contributed by atoms with van der Waals surface area (Å²) in [6.45, 7) is 0. The summed E-state index contributed by atoms with van der Waals surface area (Å²) >= 11 is 0. The third-order valence-electron chi connectivity index (χ3n) is 5.55. The zero-order valence-electron chi connectivity index (χ0n) is 10.3. The maximum Gasteiger partial charge on any atom is 0.320 e. The van der Waals surface area contributed by atoms with E-state index in [1.807, 2.05) is 0 Å². The first kappa shape index (κ1) is 11.5. The number of carboxylic acid groups (broad SMARTS) is 1. The zero-order chi connectivity index (χ0) is 12.0. The molecular weight excluding hydrogens is 214 g/mol. The van der Waals surface area contributed by atoms with Crippen LogP contribution in [0.15, 0.2) is 0 Å². The number of hydrogen-bond acceptors (Lipinski definition) is 2. The van der Waals surface area contributed by atoms with Crippen molar-refractivity contribution in [1.82, 2.24) is 0 Å². The van der Waals surface area contributed by atoms with Crippen molar-refractivity contribution < 1.29 is 9.90 Å². The van der Waals surface area contributed by atoms with Crippen LogP contribution in [0, 0.1) is 29.6 Å². The van der Waals surface area contributed by atoms with Crippen molar-refractivity contribution in [3.63, 3.8) is 0 Å². The fraction of sp³-hybridized carbons (Fsp3) is 0.929. The molecule has 3 N–H and O–H groups in total. The van der Waals surface area contributed by atoms with E-state index in [0.29, 0.717) is 6.42 Å². The van der Waals surface area contributed by atoms with E-state index in [4.69, 9.17) is 10.8 Å². The molecule has 96 valence electrons. The van der Waals surface area contributed by atoms with Gasteiger partial charge in [-0.3, -0.25) is 4.79 Å². The van der Waals surface area contributed by atoms with Crippen LogP contribution >= 0.6 is 0 Å². The van der Waals surface area contributed by atoms with Crippen LogP contribution in [0.25, 0.3) is 0 Å². The molecule has 0 aromatic carbocycles. The molecule has 17 heavy (non-hydrogen) atoms. The van der Waals surface area contributed by atoms with Crippen LogP contribution in [0.5, 0.6) is 0 Å². The molecular formula is C14H23NO2. The third kappa shape index (κ3) is 2.10. The summed E-state index contributed by atoms with van der Waals surface area (Å²) in [6, 6.07) is -0.646. The molecule has 0 aromatic heterocycles. The largest absolute Gasteiger partial charge is 0.480 e. The molecule has 4 aliphatic rings. The topological polar surface area (TPSA) is 63.3 Å². The highest BCUT2D eigenvalue weighted by atomic mass is 16.4. The number of carbonyl (C=O) groups is 1. The Hall–Kier alpha value is -0.570. The molecule has 4 fully saturated rings. The molecule has 0 saturated heterocycles. The average Bonchev–Trinajstić information content (AvgIpc) is 2.26. The van der Waals surface area contributed by atoms with Gasteiger partial charge in [0, 0.05) is 0 Å². The van der Waals surface area contributed by atoms with Gasteiger partial charge in [0.05, 0.1) is 0 Å². The lowest BCUT2D eigenvalue weighted by molar-refractivity contribution is -0.139. The monoisotopic (exact) mass is 237 g/mol. The summed E-state index contributed by atoms with van der Waals surface area (Å²) in [5, 5.41) is 8.84. The molecule has 1 atom stereocenters. The van der Waals surface area contributed by atoms with Crippen LogP contribution in [0.3, 0.4) is 0 Å². The van der Waals surface area contributed by atoms with E-state index in [0.717, 1.165) is 36.0 Å². The minimum atomic E-state index is -0.839. The number of hydrogen-bond donors (Lipinski definition) is 2. The van der Waals surface area contributed by atoms with Crippen LogP contribution < -0.4 is 5.73 Å². The second-order valence-corrected chi connectivity index (χ2v) is 6.62. The van der Waals surface area contributed by atoms with E-state index >= 15 is 0 Å². The van der Waals surface area contributed by atoms with Gasteiger partial charge in [0.2, 0.25) is 0 Å². The van der Waals surface area contributed by atoms with Gasteiger partial charge in [-0.1, -0.05) is 0 Å². The molecule has 4 rings (SSSR count). The van der Waals surface area contributed by atoms with Crippen LogP contribution in [0.1, 0.15) is 44.9 Å². The van der Waals surface area contributed by atoms with Crippen LogP contribution in [-0.2, 0) is 4.79 Å². The van der Waals surface area contributed by atoms with E-state index in [1.165, 1.54) is 32.1 Å². The van der Waals surface area contributed by atoms with Gasteiger partial charge in [-0.05, 0) is 74.5 Å². The van der Waals surface area contributed by atoms with E-state index in [9.17, 15) is 4.79 Å². The standard InChI is InChI=1S/C14H23NO2/c15-13(14(16)17)2-1-12-10-4-8-3-9(6-10)7-11(12)5-8/h8-13H,1-7,15H2,(H,16,17). The average molecular weight is 237 g/mol. The van der Waals surface area contributed by atoms with Crippen LogP contribution in [-0.4, -0.2) is 17.1 Å². The van der Waals surface area contributed by atoms with Crippen molar-refractivity contribution in [3.05, 3.63) is 0 Å². The zero-order valence-corrected chi connectivity index (χ0v) is 10.3. The Kier molecular flexibility index (Phi) is 2.89. The van der Waals surface area contributed by atoms with Crippen molar-refractivity contribution in [2.24, 2.45) is 35.3 Å². The van der Waals surface area contributed by atoms with Gasteiger partial charge >= 0.3 is 5.97 Å². The van der Waals surface area contributed by atoms with E-state index in [-0.39, 0.29) is 0 Å². The molecule has 0 spiro atoms. The lowest BCUT2D eigenvalue weighted by Gasteiger charge is -2.54. The summed E-state index contributed by atoms with van der Waals surface area (Å²) in [5.41, 5.74) is 5.62. The molecule has 0 radical (unpaired) electrons. The maximum atomic E-state index is 10.8. The summed E-state index contributed by atoms with van der Waals surface area (Å²) in [6.07, 6.45) is 8.86. The van der Waals surface area contributed by atoms with Gasteiger partial charge in [-0.25, -0.2) is 0 Å². The Morgan fingerprint density at radius 1 is 1.12 bits per heavy atom. The Morgan fingerprint density at radius 2 is 1.65 bits per heavy atom. The minimum Gasteiger partial charge on any atom is -0.480 e. The van der Waals surface area contributed by atoms with Crippen LogP contribution in [0.2, 0.25) is 0 Å². The van der Waals surface area contributed by atoms with Crippen LogP contribution in [0.4, 0.5) is 0 Å². The fourth-order valence-corrected chi connectivity index (χ4v) is 5.00.